The van der Waals surface area contributed by atoms with Crippen LogP contribution < -0.4 is 5.32 Å². The van der Waals surface area contributed by atoms with Gasteiger partial charge in [0.05, 0.1) is 0 Å². The van der Waals surface area contributed by atoms with Crippen LogP contribution in [0.1, 0.15) is 27.6 Å². The number of hydrogen-bond donors (Lipinski definition) is 2. The fraction of sp³-hybridized carbons (Fsp3) is 0.360. The smallest absolute Gasteiger partial charge is 0.475 e. The first kappa shape index (κ1) is 26.6. The molecule has 1 amide bonds. The topological polar surface area (TPSA) is 100 Å². The molecule has 2 aromatic carbocycles. The summed E-state index contributed by atoms with van der Waals surface area (Å²) in [6, 6.07) is 18.0. The summed E-state index contributed by atoms with van der Waals surface area (Å²) in [5, 5.41) is 19.4. The number of likely N-dealkylation sites (tertiary alicyclic amines) is 1. The van der Waals surface area contributed by atoms with Crippen LogP contribution in [-0.2, 0) is 30.8 Å². The van der Waals surface area contributed by atoms with Crippen LogP contribution in [0.4, 0.5) is 13.2 Å². The zero-order chi connectivity index (χ0) is 26.6. The molecule has 2 aliphatic rings. The number of carboxylic acids is 1. The summed E-state index contributed by atoms with van der Waals surface area (Å²) in [4.78, 5) is 24.1. The molecule has 196 valence electrons. The van der Waals surface area contributed by atoms with Crippen molar-refractivity contribution >= 4 is 23.5 Å². The van der Waals surface area contributed by atoms with Crippen molar-refractivity contribution in [1.82, 2.24) is 25.0 Å². The summed E-state index contributed by atoms with van der Waals surface area (Å²) in [5.41, 5.74) is 2.34. The zero-order valence-electron chi connectivity index (χ0n) is 19.7. The second kappa shape index (κ2) is 11.3. The van der Waals surface area contributed by atoms with E-state index in [0.29, 0.717) is 24.2 Å². The normalized spacial score (nSPS) is 18.8. The van der Waals surface area contributed by atoms with E-state index in [0.717, 1.165) is 49.0 Å². The number of amides is 1. The van der Waals surface area contributed by atoms with Gasteiger partial charge in [0.2, 0.25) is 5.82 Å². The molecule has 1 aromatic heterocycles. The van der Waals surface area contributed by atoms with Crippen molar-refractivity contribution in [3.63, 3.8) is 0 Å². The molecule has 0 aliphatic carbocycles. The highest BCUT2D eigenvalue weighted by Gasteiger charge is 2.39. The van der Waals surface area contributed by atoms with Gasteiger partial charge in [-0.25, -0.2) is 4.79 Å². The SMILES string of the molecule is O=C(NCc1ccccc1)c1nnc2n1CC1CN(Cc3ccc(Cl)cc3)CC1C2.O=C(O)C(F)(F)F. The fourth-order valence-electron chi connectivity index (χ4n) is 4.62. The van der Waals surface area contributed by atoms with Crippen molar-refractivity contribution in [3.05, 3.63) is 82.4 Å². The molecule has 12 heteroatoms. The van der Waals surface area contributed by atoms with Crippen molar-refractivity contribution in [2.45, 2.75) is 32.2 Å². The van der Waals surface area contributed by atoms with Gasteiger partial charge in [-0.05, 0) is 35.1 Å². The zero-order valence-corrected chi connectivity index (χ0v) is 20.4. The maximum atomic E-state index is 12.7. The van der Waals surface area contributed by atoms with Crippen molar-refractivity contribution in [1.29, 1.82) is 0 Å². The van der Waals surface area contributed by atoms with E-state index in [2.05, 4.69) is 32.5 Å². The number of carbonyl (C=O) groups excluding carboxylic acids is 1. The lowest BCUT2D eigenvalue weighted by molar-refractivity contribution is -0.192. The summed E-state index contributed by atoms with van der Waals surface area (Å²) < 4.78 is 33.8. The minimum Gasteiger partial charge on any atom is -0.475 e. The molecule has 0 radical (unpaired) electrons. The molecule has 1 fully saturated rings. The second-order valence-corrected chi connectivity index (χ2v) is 9.50. The maximum absolute atomic E-state index is 12.7. The highest BCUT2D eigenvalue weighted by Crippen LogP contribution is 2.33. The van der Waals surface area contributed by atoms with Crippen molar-refractivity contribution in [2.24, 2.45) is 11.8 Å². The summed E-state index contributed by atoms with van der Waals surface area (Å²) in [6.45, 7) is 4.29. The Morgan fingerprint density at radius 1 is 0.973 bits per heavy atom. The quantitative estimate of drug-likeness (QED) is 0.515. The average Bonchev–Trinajstić information content (AvgIpc) is 3.45. The third-order valence-corrected chi connectivity index (χ3v) is 6.65. The molecular formula is C25H25ClF3N5O3. The highest BCUT2D eigenvalue weighted by molar-refractivity contribution is 6.30. The van der Waals surface area contributed by atoms with Gasteiger partial charge in [-0.15, -0.1) is 10.2 Å². The summed E-state index contributed by atoms with van der Waals surface area (Å²) in [6.07, 6.45) is -4.21. The van der Waals surface area contributed by atoms with E-state index in [1.54, 1.807) is 0 Å². The standard InChI is InChI=1S/C23H24ClN5O.C2HF3O2/c24-20-8-6-17(7-9-20)12-28-13-18-10-21-26-27-22(29(21)15-19(18)14-28)23(30)25-11-16-4-2-1-3-5-16;3-2(4,5)1(6)7/h1-9,18-19H,10-15H2,(H,25,30);(H,6,7). The fourth-order valence-corrected chi connectivity index (χ4v) is 4.75. The number of hydrogen-bond acceptors (Lipinski definition) is 5. The average molecular weight is 536 g/mol. The lowest BCUT2D eigenvalue weighted by Gasteiger charge is -2.25. The van der Waals surface area contributed by atoms with Gasteiger partial charge in [-0.1, -0.05) is 54.1 Å². The number of carbonyl (C=O) groups is 2. The molecular weight excluding hydrogens is 511 g/mol. The van der Waals surface area contributed by atoms with Crippen LogP contribution in [-0.4, -0.2) is 55.9 Å². The number of nitrogens with zero attached hydrogens (tertiary/aromatic N) is 4. The summed E-state index contributed by atoms with van der Waals surface area (Å²) in [5.74, 6) is -0.486. The molecule has 0 saturated carbocycles. The van der Waals surface area contributed by atoms with Crippen LogP contribution in [0.5, 0.6) is 0 Å². The Balaban J connectivity index is 0.000000405. The van der Waals surface area contributed by atoms with Crippen LogP contribution in [0.15, 0.2) is 54.6 Å². The number of benzene rings is 2. The molecule has 2 aliphatic heterocycles. The Bertz CT molecular complexity index is 1230. The van der Waals surface area contributed by atoms with Gasteiger partial charge in [-0.2, -0.15) is 13.2 Å². The lowest BCUT2D eigenvalue weighted by Crippen LogP contribution is -2.32. The Kier molecular flexibility index (Phi) is 8.13. The Labute approximate surface area is 216 Å². The molecule has 2 atom stereocenters. The van der Waals surface area contributed by atoms with E-state index in [1.807, 2.05) is 47.0 Å². The van der Waals surface area contributed by atoms with Gasteiger partial charge < -0.3 is 15.0 Å². The first-order chi connectivity index (χ1) is 17.6. The van der Waals surface area contributed by atoms with Gasteiger partial charge in [0.1, 0.15) is 5.82 Å². The summed E-state index contributed by atoms with van der Waals surface area (Å²) >= 11 is 6.00. The van der Waals surface area contributed by atoms with E-state index in [1.165, 1.54) is 5.56 Å². The molecule has 3 heterocycles. The first-order valence-corrected chi connectivity index (χ1v) is 12.0. The Morgan fingerprint density at radius 2 is 1.62 bits per heavy atom. The van der Waals surface area contributed by atoms with E-state index in [4.69, 9.17) is 21.5 Å². The van der Waals surface area contributed by atoms with Gasteiger partial charge in [0.15, 0.2) is 0 Å². The number of aromatic nitrogens is 3. The predicted octanol–water partition coefficient (Wildman–Crippen LogP) is 3.80. The van der Waals surface area contributed by atoms with Crippen LogP contribution in [0.25, 0.3) is 0 Å². The predicted molar refractivity (Wildman–Crippen MR) is 129 cm³/mol. The van der Waals surface area contributed by atoms with Crippen LogP contribution in [0, 0.1) is 11.8 Å². The number of aliphatic carboxylic acids is 1. The number of carboxylic acid groups (broad SMARTS) is 1. The maximum Gasteiger partial charge on any atom is 0.490 e. The van der Waals surface area contributed by atoms with Gasteiger partial charge >= 0.3 is 12.1 Å². The molecule has 2 unspecified atom stereocenters. The van der Waals surface area contributed by atoms with E-state index in [-0.39, 0.29) is 5.91 Å². The van der Waals surface area contributed by atoms with Crippen molar-refractivity contribution in [2.75, 3.05) is 13.1 Å². The van der Waals surface area contributed by atoms with E-state index in [9.17, 15) is 18.0 Å². The number of halogens is 4. The number of alkyl halides is 3. The van der Waals surface area contributed by atoms with Crippen LogP contribution >= 0.6 is 11.6 Å². The Hall–Kier alpha value is -3.44. The highest BCUT2D eigenvalue weighted by atomic mass is 35.5. The number of rotatable bonds is 5. The second-order valence-electron chi connectivity index (χ2n) is 9.07. The minimum atomic E-state index is -5.08. The molecule has 0 bridgehead atoms. The van der Waals surface area contributed by atoms with Gasteiger partial charge in [0, 0.05) is 44.2 Å². The largest absolute Gasteiger partial charge is 0.490 e. The molecule has 3 aromatic rings. The molecule has 0 spiro atoms. The number of nitrogens with one attached hydrogen (secondary N) is 1. The van der Waals surface area contributed by atoms with Crippen LogP contribution in [0.3, 0.4) is 0 Å². The first-order valence-electron chi connectivity index (χ1n) is 11.6. The van der Waals surface area contributed by atoms with Crippen LogP contribution in [0.2, 0.25) is 5.02 Å². The van der Waals surface area contributed by atoms with E-state index >= 15 is 0 Å². The van der Waals surface area contributed by atoms with Gasteiger partial charge in [-0.3, -0.25) is 9.69 Å². The third-order valence-electron chi connectivity index (χ3n) is 6.40. The third kappa shape index (κ3) is 6.86. The molecule has 37 heavy (non-hydrogen) atoms. The number of fused-ring (bicyclic) bond motifs is 2. The van der Waals surface area contributed by atoms with Gasteiger partial charge in [0.25, 0.3) is 5.91 Å². The van der Waals surface area contributed by atoms with Crippen molar-refractivity contribution < 1.29 is 27.9 Å². The molecule has 5 rings (SSSR count). The summed E-state index contributed by atoms with van der Waals surface area (Å²) in [7, 11) is 0. The minimum absolute atomic E-state index is 0.160. The molecule has 1 saturated heterocycles. The monoisotopic (exact) mass is 535 g/mol. The Morgan fingerprint density at radius 3 is 2.27 bits per heavy atom. The molecule has 8 nitrogen and oxygen atoms in total. The van der Waals surface area contributed by atoms with Crippen molar-refractivity contribution in [3.8, 4) is 0 Å². The molecule has 2 N–H and O–H groups in total. The van der Waals surface area contributed by atoms with E-state index < -0.39 is 12.1 Å². The lowest BCUT2D eigenvalue weighted by atomic mass is 9.89.